The molecule has 0 radical (unpaired) electrons. The van der Waals surface area contributed by atoms with Crippen molar-refractivity contribution < 1.29 is 9.53 Å². The predicted molar refractivity (Wildman–Crippen MR) is 63.6 cm³/mol. The number of fused-ring (bicyclic) bond motifs is 1. The molecule has 0 saturated heterocycles. The molecule has 2 rings (SSSR count). The van der Waals surface area contributed by atoms with E-state index >= 15 is 0 Å². The smallest absolute Gasteiger partial charge is 0.302 e. The van der Waals surface area contributed by atoms with Gasteiger partial charge in [-0.1, -0.05) is 0 Å². The molecule has 0 atom stereocenters. The third kappa shape index (κ3) is 2.53. The van der Waals surface area contributed by atoms with Crippen LogP contribution in [-0.4, -0.2) is 32.1 Å². The molecule has 0 spiro atoms. The van der Waals surface area contributed by atoms with E-state index < -0.39 is 0 Å². The molecule has 0 aliphatic rings. The third-order valence-corrected chi connectivity index (χ3v) is 2.07. The molecule has 7 nitrogen and oxygen atoms in total. The van der Waals surface area contributed by atoms with Gasteiger partial charge < -0.3 is 9.72 Å². The second-order valence-electron chi connectivity index (χ2n) is 3.36. The molecule has 0 aromatic carbocycles. The summed E-state index contributed by atoms with van der Waals surface area (Å²) in [5, 5.41) is 0. The number of ether oxygens (including phenoxy) is 1. The maximum Gasteiger partial charge on any atom is 0.302 e. The standard InChI is InChI=1S/C11H10N4O3/c1-8(16)18-5-3-2-4-15-7-14-9-10(15)12-6-13-11(9)17/h3-4,6-7H,5H2,1H3,(H,12,13,17). The van der Waals surface area contributed by atoms with Gasteiger partial charge in [-0.25, -0.2) is 9.97 Å². The fraction of sp³-hybridized carbons (Fsp3) is 0.182. The highest BCUT2D eigenvalue weighted by molar-refractivity contribution is 5.71. The lowest BCUT2D eigenvalue weighted by atomic mass is 10.5. The van der Waals surface area contributed by atoms with Gasteiger partial charge in [0.05, 0.1) is 12.5 Å². The minimum absolute atomic E-state index is 0.145. The number of nitrogens with zero attached hydrogens (tertiary/aromatic N) is 3. The van der Waals surface area contributed by atoms with E-state index in [0.717, 1.165) is 0 Å². The molecule has 18 heavy (non-hydrogen) atoms. The van der Waals surface area contributed by atoms with Crippen LogP contribution in [0.1, 0.15) is 6.92 Å². The fourth-order valence-corrected chi connectivity index (χ4v) is 1.30. The lowest BCUT2D eigenvalue weighted by Gasteiger charge is -1.93. The van der Waals surface area contributed by atoms with E-state index in [2.05, 4.69) is 20.7 Å². The SMILES string of the molecule is CC(=O)OCC=C=Cn1cnc2c(=O)[nH]cnc21. The van der Waals surface area contributed by atoms with Gasteiger partial charge in [-0.2, -0.15) is 0 Å². The molecule has 1 N–H and O–H groups in total. The summed E-state index contributed by atoms with van der Waals surface area (Å²) < 4.78 is 6.25. The Morgan fingerprint density at radius 1 is 1.61 bits per heavy atom. The van der Waals surface area contributed by atoms with E-state index in [1.54, 1.807) is 16.8 Å². The Bertz CT molecular complexity index is 692. The van der Waals surface area contributed by atoms with Crippen molar-refractivity contribution in [1.29, 1.82) is 0 Å². The summed E-state index contributed by atoms with van der Waals surface area (Å²) in [6, 6.07) is 0. The number of hydrogen-bond donors (Lipinski definition) is 1. The van der Waals surface area contributed by atoms with Gasteiger partial charge in [-0.3, -0.25) is 14.2 Å². The number of rotatable bonds is 3. The highest BCUT2D eigenvalue weighted by Gasteiger charge is 2.03. The van der Waals surface area contributed by atoms with Crippen LogP contribution in [0.15, 0.2) is 29.3 Å². The minimum Gasteiger partial charge on any atom is -0.461 e. The van der Waals surface area contributed by atoms with Gasteiger partial charge in [0.2, 0.25) is 0 Å². The average Bonchev–Trinajstić information content (AvgIpc) is 2.73. The summed E-state index contributed by atoms with van der Waals surface area (Å²) in [6.45, 7) is 1.48. The number of imidazole rings is 1. The molecule has 0 aliphatic carbocycles. The van der Waals surface area contributed by atoms with Crippen LogP contribution in [0.4, 0.5) is 0 Å². The van der Waals surface area contributed by atoms with E-state index in [1.165, 1.54) is 19.6 Å². The van der Waals surface area contributed by atoms with Crippen LogP contribution in [0.2, 0.25) is 0 Å². The van der Waals surface area contributed by atoms with Crippen LogP contribution in [0, 0.1) is 0 Å². The van der Waals surface area contributed by atoms with E-state index in [4.69, 9.17) is 4.74 Å². The lowest BCUT2D eigenvalue weighted by Crippen LogP contribution is -2.06. The first-order valence-electron chi connectivity index (χ1n) is 5.13. The summed E-state index contributed by atoms with van der Waals surface area (Å²) in [5.41, 5.74) is 3.20. The number of aromatic amines is 1. The molecule has 92 valence electrons. The molecule has 2 aromatic heterocycles. The molecule has 2 heterocycles. The normalized spacial score (nSPS) is 9.83. The Kier molecular flexibility index (Phi) is 3.36. The first kappa shape index (κ1) is 11.8. The maximum absolute atomic E-state index is 11.4. The summed E-state index contributed by atoms with van der Waals surface area (Å²) in [4.78, 5) is 32.2. The Labute approximate surface area is 101 Å². The minimum atomic E-state index is -0.352. The average molecular weight is 246 g/mol. The van der Waals surface area contributed by atoms with Crippen molar-refractivity contribution in [3.63, 3.8) is 0 Å². The number of esters is 1. The number of aromatic nitrogens is 4. The van der Waals surface area contributed by atoms with Crippen molar-refractivity contribution in [2.75, 3.05) is 6.61 Å². The molecule has 0 bridgehead atoms. The summed E-state index contributed by atoms with van der Waals surface area (Å²) in [5.74, 6) is -0.352. The first-order valence-corrected chi connectivity index (χ1v) is 5.13. The van der Waals surface area contributed by atoms with Crippen LogP contribution in [0.25, 0.3) is 17.4 Å². The van der Waals surface area contributed by atoms with Crippen molar-refractivity contribution in [3.05, 3.63) is 34.8 Å². The van der Waals surface area contributed by atoms with Gasteiger partial charge in [-0.05, 0) is 6.08 Å². The molecule has 7 heteroatoms. The van der Waals surface area contributed by atoms with Crippen molar-refractivity contribution in [2.24, 2.45) is 0 Å². The molecule has 0 aliphatic heterocycles. The molecule has 0 unspecified atom stereocenters. The number of nitrogens with one attached hydrogen (secondary N) is 1. The third-order valence-electron chi connectivity index (χ3n) is 2.07. The zero-order valence-electron chi connectivity index (χ0n) is 9.58. The van der Waals surface area contributed by atoms with Crippen molar-refractivity contribution >= 4 is 23.3 Å². The number of hydrogen-bond acceptors (Lipinski definition) is 5. The Morgan fingerprint density at radius 3 is 3.22 bits per heavy atom. The van der Waals surface area contributed by atoms with Crippen LogP contribution in [-0.2, 0) is 9.53 Å². The van der Waals surface area contributed by atoms with Crippen LogP contribution in [0.3, 0.4) is 0 Å². The highest BCUT2D eigenvalue weighted by atomic mass is 16.5. The number of H-pyrrole nitrogens is 1. The topological polar surface area (TPSA) is 89.9 Å². The fourth-order valence-electron chi connectivity index (χ4n) is 1.30. The van der Waals surface area contributed by atoms with Crippen LogP contribution >= 0.6 is 0 Å². The summed E-state index contributed by atoms with van der Waals surface area (Å²) in [7, 11) is 0. The lowest BCUT2D eigenvalue weighted by molar-refractivity contribution is -0.139. The van der Waals surface area contributed by atoms with Crippen molar-refractivity contribution in [2.45, 2.75) is 6.92 Å². The van der Waals surface area contributed by atoms with Crippen molar-refractivity contribution in [1.82, 2.24) is 19.5 Å². The second-order valence-corrected chi connectivity index (χ2v) is 3.36. The summed E-state index contributed by atoms with van der Waals surface area (Å²) >= 11 is 0. The van der Waals surface area contributed by atoms with E-state index in [-0.39, 0.29) is 23.7 Å². The van der Waals surface area contributed by atoms with E-state index in [0.29, 0.717) is 5.65 Å². The molecule has 0 fully saturated rings. The van der Waals surface area contributed by atoms with E-state index in [1.807, 2.05) is 0 Å². The zero-order valence-corrected chi connectivity index (χ0v) is 9.58. The molecule has 2 aromatic rings. The maximum atomic E-state index is 11.4. The summed E-state index contributed by atoms with van der Waals surface area (Å²) in [6.07, 6.45) is 5.85. The molecule has 0 saturated carbocycles. The Morgan fingerprint density at radius 2 is 2.44 bits per heavy atom. The zero-order chi connectivity index (χ0) is 13.0. The molecular weight excluding hydrogens is 236 g/mol. The van der Waals surface area contributed by atoms with Gasteiger partial charge in [0.15, 0.2) is 11.2 Å². The van der Waals surface area contributed by atoms with Crippen LogP contribution < -0.4 is 5.56 Å². The first-order chi connectivity index (χ1) is 8.68. The largest absolute Gasteiger partial charge is 0.461 e. The van der Waals surface area contributed by atoms with Crippen molar-refractivity contribution in [3.8, 4) is 0 Å². The Hall–Kier alpha value is -2.66. The predicted octanol–water partition coefficient (Wildman–Crippen LogP) is 0.308. The quantitative estimate of drug-likeness (QED) is 0.621. The monoisotopic (exact) mass is 246 g/mol. The molecular formula is C11H10N4O3. The van der Waals surface area contributed by atoms with E-state index in [9.17, 15) is 9.59 Å². The second kappa shape index (κ2) is 5.11. The number of carbonyl (C=O) groups is 1. The van der Waals surface area contributed by atoms with Gasteiger partial charge in [0, 0.05) is 6.92 Å². The molecule has 0 amide bonds. The van der Waals surface area contributed by atoms with Gasteiger partial charge in [-0.15, -0.1) is 5.73 Å². The highest BCUT2D eigenvalue weighted by Crippen LogP contribution is 2.03. The van der Waals surface area contributed by atoms with Gasteiger partial charge in [0.1, 0.15) is 12.9 Å². The van der Waals surface area contributed by atoms with Gasteiger partial charge in [0.25, 0.3) is 5.56 Å². The Balaban J connectivity index is 2.22. The van der Waals surface area contributed by atoms with Gasteiger partial charge >= 0.3 is 5.97 Å². The van der Waals surface area contributed by atoms with Crippen LogP contribution in [0.5, 0.6) is 0 Å². The number of carbonyl (C=O) groups excluding carboxylic acids is 1.